The summed E-state index contributed by atoms with van der Waals surface area (Å²) in [4.78, 5) is 14.2. The fourth-order valence-corrected chi connectivity index (χ4v) is 3.31. The normalized spacial score (nSPS) is 26.1. The Morgan fingerprint density at radius 3 is 2.81 bits per heavy atom. The maximum absolute atomic E-state index is 12.4. The predicted molar refractivity (Wildman–Crippen MR) is 80.7 cm³/mol. The standard InChI is InChI=1S/C15H17Cl2NO3/c16-10-3-4-11(12(17)8-10)14-9-18(5-7-21-14)15(19)13-2-1-6-20-13/h3-4,8,13-14H,1-2,5-7,9H2. The molecular weight excluding hydrogens is 313 g/mol. The van der Waals surface area contributed by atoms with Crippen molar-refractivity contribution in [3.63, 3.8) is 0 Å². The molecule has 0 aromatic heterocycles. The maximum atomic E-state index is 12.4. The monoisotopic (exact) mass is 329 g/mol. The lowest BCUT2D eigenvalue weighted by Crippen LogP contribution is -2.46. The maximum Gasteiger partial charge on any atom is 0.251 e. The number of nitrogens with zero attached hydrogens (tertiary/aromatic N) is 1. The topological polar surface area (TPSA) is 38.8 Å². The van der Waals surface area contributed by atoms with Gasteiger partial charge >= 0.3 is 0 Å². The summed E-state index contributed by atoms with van der Waals surface area (Å²) in [5.74, 6) is 0.0610. The summed E-state index contributed by atoms with van der Waals surface area (Å²) >= 11 is 12.1. The fourth-order valence-electron chi connectivity index (χ4n) is 2.78. The van der Waals surface area contributed by atoms with Crippen LogP contribution in [0.3, 0.4) is 0 Å². The highest BCUT2D eigenvalue weighted by atomic mass is 35.5. The zero-order valence-electron chi connectivity index (χ0n) is 11.6. The molecule has 0 spiro atoms. The van der Waals surface area contributed by atoms with Crippen molar-refractivity contribution < 1.29 is 14.3 Å². The molecule has 21 heavy (non-hydrogen) atoms. The number of carbonyl (C=O) groups excluding carboxylic acids is 1. The van der Waals surface area contributed by atoms with Crippen molar-refractivity contribution in [3.8, 4) is 0 Å². The lowest BCUT2D eigenvalue weighted by molar-refractivity contribution is -0.148. The van der Waals surface area contributed by atoms with Gasteiger partial charge in [-0.25, -0.2) is 0 Å². The van der Waals surface area contributed by atoms with Crippen LogP contribution in [-0.2, 0) is 14.3 Å². The van der Waals surface area contributed by atoms with Crippen LogP contribution in [-0.4, -0.2) is 43.2 Å². The minimum absolute atomic E-state index is 0.0610. The first kappa shape index (κ1) is 15.1. The largest absolute Gasteiger partial charge is 0.370 e. The Hall–Kier alpha value is -0.810. The van der Waals surface area contributed by atoms with Crippen molar-refractivity contribution >= 4 is 29.1 Å². The van der Waals surface area contributed by atoms with Crippen molar-refractivity contribution in [2.45, 2.75) is 25.0 Å². The molecule has 0 aliphatic carbocycles. The molecule has 2 unspecified atom stereocenters. The van der Waals surface area contributed by atoms with Crippen LogP contribution >= 0.6 is 23.2 Å². The van der Waals surface area contributed by atoms with E-state index < -0.39 is 0 Å². The molecule has 2 heterocycles. The summed E-state index contributed by atoms with van der Waals surface area (Å²) in [5, 5.41) is 1.16. The van der Waals surface area contributed by atoms with Crippen LogP contribution in [0.15, 0.2) is 18.2 Å². The molecular formula is C15H17Cl2NO3. The molecule has 2 atom stereocenters. The Morgan fingerprint density at radius 1 is 1.24 bits per heavy atom. The number of benzene rings is 1. The second kappa shape index (κ2) is 6.53. The highest BCUT2D eigenvalue weighted by molar-refractivity contribution is 6.35. The molecule has 0 saturated carbocycles. The van der Waals surface area contributed by atoms with E-state index >= 15 is 0 Å². The van der Waals surface area contributed by atoms with Gasteiger partial charge in [0.25, 0.3) is 5.91 Å². The van der Waals surface area contributed by atoms with Gasteiger partial charge in [-0.3, -0.25) is 4.79 Å². The Labute approximate surface area is 133 Å². The number of carbonyl (C=O) groups is 1. The van der Waals surface area contributed by atoms with Crippen LogP contribution in [0.25, 0.3) is 0 Å². The van der Waals surface area contributed by atoms with E-state index in [4.69, 9.17) is 32.7 Å². The minimum Gasteiger partial charge on any atom is -0.370 e. The number of hydrogen-bond donors (Lipinski definition) is 0. The van der Waals surface area contributed by atoms with Crippen molar-refractivity contribution in [2.75, 3.05) is 26.3 Å². The van der Waals surface area contributed by atoms with Gasteiger partial charge < -0.3 is 14.4 Å². The van der Waals surface area contributed by atoms with E-state index in [0.717, 1.165) is 18.4 Å². The van der Waals surface area contributed by atoms with Gasteiger partial charge in [-0.1, -0.05) is 29.3 Å². The average molecular weight is 330 g/mol. The molecule has 4 nitrogen and oxygen atoms in total. The molecule has 0 N–H and O–H groups in total. The van der Waals surface area contributed by atoms with Gasteiger partial charge in [0, 0.05) is 28.8 Å². The third kappa shape index (κ3) is 3.34. The van der Waals surface area contributed by atoms with Crippen molar-refractivity contribution in [2.24, 2.45) is 0 Å². The van der Waals surface area contributed by atoms with Gasteiger partial charge in [0.1, 0.15) is 12.2 Å². The number of halogens is 2. The van der Waals surface area contributed by atoms with Crippen LogP contribution in [0.5, 0.6) is 0 Å². The van der Waals surface area contributed by atoms with Crippen LogP contribution < -0.4 is 0 Å². The average Bonchev–Trinajstić information content (AvgIpc) is 3.01. The first-order valence-corrected chi connectivity index (χ1v) is 7.87. The summed E-state index contributed by atoms with van der Waals surface area (Å²) in [7, 11) is 0. The molecule has 1 aromatic carbocycles. The van der Waals surface area contributed by atoms with Crippen molar-refractivity contribution in [1.82, 2.24) is 4.90 Å². The second-order valence-electron chi connectivity index (χ2n) is 5.31. The molecule has 2 aliphatic heterocycles. The molecule has 0 radical (unpaired) electrons. The van der Waals surface area contributed by atoms with Crippen LogP contribution in [0.2, 0.25) is 10.0 Å². The Kier molecular flexibility index (Phi) is 4.69. The smallest absolute Gasteiger partial charge is 0.251 e. The van der Waals surface area contributed by atoms with E-state index in [1.165, 1.54) is 0 Å². The molecule has 2 fully saturated rings. The van der Waals surface area contributed by atoms with Gasteiger partial charge in [-0.2, -0.15) is 0 Å². The lowest BCUT2D eigenvalue weighted by Gasteiger charge is -2.34. The molecule has 1 amide bonds. The molecule has 3 rings (SSSR count). The quantitative estimate of drug-likeness (QED) is 0.837. The molecule has 6 heteroatoms. The third-order valence-corrected chi connectivity index (χ3v) is 4.46. The summed E-state index contributed by atoms with van der Waals surface area (Å²) < 4.78 is 11.2. The zero-order chi connectivity index (χ0) is 14.8. The lowest BCUT2D eigenvalue weighted by atomic mass is 10.1. The summed E-state index contributed by atoms with van der Waals surface area (Å²) in [6.07, 6.45) is 1.26. The Morgan fingerprint density at radius 2 is 2.10 bits per heavy atom. The molecule has 2 saturated heterocycles. The SMILES string of the molecule is O=C(C1CCCO1)N1CCOC(c2ccc(Cl)cc2Cl)C1. The van der Waals surface area contributed by atoms with E-state index in [1.54, 1.807) is 12.1 Å². The Balaban J connectivity index is 1.71. The molecule has 114 valence electrons. The van der Waals surface area contributed by atoms with Gasteiger partial charge in [0.2, 0.25) is 0 Å². The van der Waals surface area contributed by atoms with Crippen LogP contribution in [0.1, 0.15) is 24.5 Å². The zero-order valence-corrected chi connectivity index (χ0v) is 13.1. The molecule has 0 bridgehead atoms. The van der Waals surface area contributed by atoms with Gasteiger partial charge in [0.05, 0.1) is 13.2 Å². The summed E-state index contributed by atoms with van der Waals surface area (Å²) in [6, 6.07) is 5.34. The van der Waals surface area contributed by atoms with Crippen LogP contribution in [0.4, 0.5) is 0 Å². The van der Waals surface area contributed by atoms with E-state index in [-0.39, 0.29) is 18.1 Å². The van der Waals surface area contributed by atoms with Crippen molar-refractivity contribution in [1.29, 1.82) is 0 Å². The van der Waals surface area contributed by atoms with Crippen LogP contribution in [0, 0.1) is 0 Å². The van der Waals surface area contributed by atoms with Gasteiger partial charge in [-0.05, 0) is 25.0 Å². The number of hydrogen-bond acceptors (Lipinski definition) is 3. The van der Waals surface area contributed by atoms with E-state index in [0.29, 0.717) is 36.3 Å². The highest BCUT2D eigenvalue weighted by Crippen LogP contribution is 2.31. The van der Waals surface area contributed by atoms with Gasteiger partial charge in [0.15, 0.2) is 0 Å². The highest BCUT2D eigenvalue weighted by Gasteiger charge is 2.32. The van der Waals surface area contributed by atoms with Gasteiger partial charge in [-0.15, -0.1) is 0 Å². The number of morpholine rings is 1. The summed E-state index contributed by atoms with van der Waals surface area (Å²) in [5.41, 5.74) is 0.867. The first-order valence-electron chi connectivity index (χ1n) is 7.12. The minimum atomic E-state index is -0.288. The summed E-state index contributed by atoms with van der Waals surface area (Å²) in [6.45, 7) is 2.27. The third-order valence-electron chi connectivity index (χ3n) is 3.89. The Bertz CT molecular complexity index is 532. The number of rotatable bonds is 2. The molecule has 1 aromatic rings. The predicted octanol–water partition coefficient (Wildman–Crippen LogP) is 3.07. The number of ether oxygens (including phenoxy) is 2. The fraction of sp³-hybridized carbons (Fsp3) is 0.533. The van der Waals surface area contributed by atoms with E-state index in [2.05, 4.69) is 0 Å². The number of amides is 1. The van der Waals surface area contributed by atoms with E-state index in [1.807, 2.05) is 11.0 Å². The first-order chi connectivity index (χ1) is 10.1. The second-order valence-corrected chi connectivity index (χ2v) is 6.15. The van der Waals surface area contributed by atoms with Crippen molar-refractivity contribution in [3.05, 3.63) is 33.8 Å². The molecule has 2 aliphatic rings. The van der Waals surface area contributed by atoms with E-state index in [9.17, 15) is 4.79 Å².